The number of hydrazine groups is 1. The number of rotatable bonds is 3. The van der Waals surface area contributed by atoms with Crippen LogP contribution in [0.3, 0.4) is 0 Å². The van der Waals surface area contributed by atoms with Crippen LogP contribution >= 0.6 is 11.3 Å². The van der Waals surface area contributed by atoms with Crippen molar-refractivity contribution in [2.24, 2.45) is 5.84 Å². The summed E-state index contributed by atoms with van der Waals surface area (Å²) in [6, 6.07) is 7.01. The van der Waals surface area contributed by atoms with Gasteiger partial charge < -0.3 is 4.74 Å². The van der Waals surface area contributed by atoms with E-state index in [4.69, 9.17) is 10.6 Å². The summed E-state index contributed by atoms with van der Waals surface area (Å²) in [5.41, 5.74) is 2.20. The molecule has 0 atom stereocenters. The third-order valence-electron chi connectivity index (χ3n) is 3.61. The van der Waals surface area contributed by atoms with E-state index in [1.54, 1.807) is 45.0 Å². The van der Waals surface area contributed by atoms with Gasteiger partial charge in [-0.05, 0) is 26.8 Å². The first-order valence-corrected chi connectivity index (χ1v) is 8.94. The lowest BCUT2D eigenvalue weighted by Crippen LogP contribution is -2.30. The Morgan fingerprint density at radius 3 is 2.59 bits per heavy atom. The van der Waals surface area contributed by atoms with Crippen molar-refractivity contribution in [2.45, 2.75) is 26.4 Å². The second-order valence-corrected chi connectivity index (χ2v) is 7.61. The summed E-state index contributed by atoms with van der Waals surface area (Å²) in [4.78, 5) is 41.0. The van der Waals surface area contributed by atoms with Gasteiger partial charge in [-0.15, -0.1) is 11.3 Å². The van der Waals surface area contributed by atoms with E-state index in [1.807, 2.05) is 5.43 Å². The Balaban J connectivity index is 2.04. The van der Waals surface area contributed by atoms with E-state index in [0.717, 1.165) is 11.3 Å². The van der Waals surface area contributed by atoms with Gasteiger partial charge in [0.25, 0.3) is 5.91 Å². The van der Waals surface area contributed by atoms with Crippen LogP contribution in [0.25, 0.3) is 10.9 Å². The van der Waals surface area contributed by atoms with Gasteiger partial charge >= 0.3 is 6.09 Å². The standard InChI is InChI=1S/C18H18N4O4S/c1-18(2,3)26-17(25)22-8-11(10-6-4-5-7-13(10)22)14(23)16-20-12(9-27-16)15(24)21-19/h4-9H,19H2,1-3H3,(H,21,24). The molecule has 0 bridgehead atoms. The van der Waals surface area contributed by atoms with Crippen molar-refractivity contribution in [3.8, 4) is 0 Å². The molecule has 0 aliphatic carbocycles. The summed E-state index contributed by atoms with van der Waals surface area (Å²) in [6.07, 6.45) is 0.852. The molecule has 0 unspecified atom stereocenters. The molecule has 0 spiro atoms. The van der Waals surface area contributed by atoms with Gasteiger partial charge in [-0.25, -0.2) is 15.6 Å². The molecule has 2 aromatic heterocycles. The fraction of sp³-hybridized carbons (Fsp3) is 0.222. The average molecular weight is 386 g/mol. The van der Waals surface area contributed by atoms with Crippen molar-refractivity contribution in [2.75, 3.05) is 0 Å². The van der Waals surface area contributed by atoms with Crippen molar-refractivity contribution < 1.29 is 19.1 Å². The highest BCUT2D eigenvalue weighted by atomic mass is 32.1. The number of aromatic nitrogens is 2. The summed E-state index contributed by atoms with van der Waals surface area (Å²) in [7, 11) is 0. The maximum Gasteiger partial charge on any atom is 0.419 e. The highest BCUT2D eigenvalue weighted by Gasteiger charge is 2.25. The van der Waals surface area contributed by atoms with Crippen molar-refractivity contribution in [3.63, 3.8) is 0 Å². The lowest BCUT2D eigenvalue weighted by atomic mass is 10.1. The molecule has 0 aliphatic rings. The Morgan fingerprint density at radius 2 is 1.93 bits per heavy atom. The van der Waals surface area contributed by atoms with Crippen molar-refractivity contribution >= 4 is 40.0 Å². The molecule has 1 amide bonds. The monoisotopic (exact) mass is 386 g/mol. The van der Waals surface area contributed by atoms with E-state index in [9.17, 15) is 14.4 Å². The number of benzene rings is 1. The van der Waals surface area contributed by atoms with Crippen LogP contribution in [0, 0.1) is 0 Å². The van der Waals surface area contributed by atoms with Crippen LogP contribution in [-0.2, 0) is 4.74 Å². The van der Waals surface area contributed by atoms with Gasteiger partial charge in [-0.2, -0.15) is 0 Å². The molecule has 3 N–H and O–H groups in total. The molecule has 2 heterocycles. The Morgan fingerprint density at radius 1 is 1.22 bits per heavy atom. The smallest absolute Gasteiger partial charge is 0.419 e. The number of ketones is 1. The zero-order chi connectivity index (χ0) is 19.8. The third kappa shape index (κ3) is 3.74. The molecule has 140 valence electrons. The summed E-state index contributed by atoms with van der Waals surface area (Å²) in [5, 5.41) is 2.16. The van der Waals surface area contributed by atoms with Gasteiger partial charge in [0.15, 0.2) is 5.01 Å². The first-order chi connectivity index (χ1) is 12.7. The first-order valence-electron chi connectivity index (χ1n) is 8.06. The zero-order valence-corrected chi connectivity index (χ0v) is 15.8. The highest BCUT2D eigenvalue weighted by molar-refractivity contribution is 7.12. The molecule has 0 aliphatic heterocycles. The number of nitrogens with two attached hydrogens (primary N) is 1. The number of nitrogen functional groups attached to an aromatic ring is 1. The lowest BCUT2D eigenvalue weighted by molar-refractivity contribution is 0.0544. The number of fused-ring (bicyclic) bond motifs is 1. The lowest BCUT2D eigenvalue weighted by Gasteiger charge is -2.19. The predicted octanol–water partition coefficient (Wildman–Crippen LogP) is 2.72. The number of nitrogens with one attached hydrogen (secondary N) is 1. The summed E-state index contributed by atoms with van der Waals surface area (Å²) >= 11 is 1.03. The Hall–Kier alpha value is -3.04. The molecule has 9 heteroatoms. The maximum atomic E-state index is 12.9. The summed E-state index contributed by atoms with van der Waals surface area (Å²) < 4.78 is 6.71. The summed E-state index contributed by atoms with van der Waals surface area (Å²) in [5.74, 6) is 4.11. The quantitative estimate of drug-likeness (QED) is 0.309. The van der Waals surface area contributed by atoms with Gasteiger partial charge in [0, 0.05) is 17.0 Å². The minimum atomic E-state index is -0.674. The first kappa shape index (κ1) is 18.7. The minimum Gasteiger partial charge on any atom is -0.443 e. The molecule has 0 saturated carbocycles. The van der Waals surface area contributed by atoms with E-state index in [2.05, 4.69) is 4.98 Å². The second-order valence-electron chi connectivity index (χ2n) is 6.75. The number of carbonyl (C=O) groups is 3. The van der Waals surface area contributed by atoms with Crippen LogP contribution in [0.15, 0.2) is 35.8 Å². The number of amides is 1. The molecule has 3 aromatic rings. The van der Waals surface area contributed by atoms with E-state index in [1.165, 1.54) is 16.1 Å². The van der Waals surface area contributed by atoms with Gasteiger partial charge in [0.2, 0.25) is 5.78 Å². The maximum absolute atomic E-state index is 12.9. The van der Waals surface area contributed by atoms with Gasteiger partial charge in [0.1, 0.15) is 11.3 Å². The van der Waals surface area contributed by atoms with Crippen LogP contribution in [0.1, 0.15) is 46.6 Å². The van der Waals surface area contributed by atoms with Crippen LogP contribution in [0.5, 0.6) is 0 Å². The normalized spacial score (nSPS) is 11.4. The Kier molecular flexibility index (Phi) is 4.81. The van der Waals surface area contributed by atoms with Crippen LogP contribution in [0.4, 0.5) is 4.79 Å². The number of hydrogen-bond donors (Lipinski definition) is 2. The Bertz CT molecular complexity index is 1050. The topological polar surface area (TPSA) is 116 Å². The number of thiazole rings is 1. The summed E-state index contributed by atoms with van der Waals surface area (Å²) in [6.45, 7) is 5.30. The van der Waals surface area contributed by atoms with Gasteiger partial charge in [0.05, 0.1) is 11.1 Å². The number of carbonyl (C=O) groups excluding carboxylic acids is 3. The Labute approximate surface area is 158 Å². The molecule has 8 nitrogen and oxygen atoms in total. The number of para-hydroxylation sites is 1. The van der Waals surface area contributed by atoms with E-state index in [-0.39, 0.29) is 10.7 Å². The van der Waals surface area contributed by atoms with E-state index < -0.39 is 23.4 Å². The second kappa shape index (κ2) is 6.93. The number of hydrogen-bond acceptors (Lipinski definition) is 7. The SMILES string of the molecule is CC(C)(C)OC(=O)n1cc(C(=O)c2nc(C(=O)NN)cs2)c2ccccc21. The van der Waals surface area contributed by atoms with Crippen molar-refractivity contribution in [3.05, 3.63) is 52.1 Å². The molecule has 0 fully saturated rings. The van der Waals surface area contributed by atoms with Crippen molar-refractivity contribution in [1.82, 2.24) is 15.0 Å². The van der Waals surface area contributed by atoms with Crippen LogP contribution in [0.2, 0.25) is 0 Å². The largest absolute Gasteiger partial charge is 0.443 e. The van der Waals surface area contributed by atoms with Crippen LogP contribution in [-0.4, -0.2) is 32.9 Å². The van der Waals surface area contributed by atoms with Gasteiger partial charge in [-0.1, -0.05) is 18.2 Å². The third-order valence-corrected chi connectivity index (χ3v) is 4.45. The zero-order valence-electron chi connectivity index (χ0n) is 15.0. The minimum absolute atomic E-state index is 0.0572. The van der Waals surface area contributed by atoms with Crippen LogP contribution < -0.4 is 11.3 Å². The molecule has 27 heavy (non-hydrogen) atoms. The van der Waals surface area contributed by atoms with E-state index >= 15 is 0 Å². The molecular formula is C18H18N4O4S. The number of nitrogens with zero attached hydrogens (tertiary/aromatic N) is 2. The fourth-order valence-corrected chi connectivity index (χ4v) is 3.25. The fourth-order valence-electron chi connectivity index (χ4n) is 2.49. The van der Waals surface area contributed by atoms with Crippen molar-refractivity contribution in [1.29, 1.82) is 0 Å². The molecule has 0 radical (unpaired) electrons. The average Bonchev–Trinajstić information content (AvgIpc) is 3.24. The van der Waals surface area contributed by atoms with E-state index in [0.29, 0.717) is 16.5 Å². The molecule has 1 aromatic carbocycles. The predicted molar refractivity (Wildman–Crippen MR) is 101 cm³/mol. The molecule has 3 rings (SSSR count). The molecule has 0 saturated heterocycles. The molecular weight excluding hydrogens is 368 g/mol. The number of ether oxygens (including phenoxy) is 1. The highest BCUT2D eigenvalue weighted by Crippen LogP contribution is 2.26. The van der Waals surface area contributed by atoms with Gasteiger partial charge in [-0.3, -0.25) is 19.6 Å².